The summed E-state index contributed by atoms with van der Waals surface area (Å²) >= 11 is 6.29. The highest BCUT2D eigenvalue weighted by molar-refractivity contribution is 6.33. The molecular formula is C17H19ClN2O2. The molecule has 5 heteroatoms. The Labute approximate surface area is 135 Å². The van der Waals surface area contributed by atoms with Gasteiger partial charge in [0.1, 0.15) is 0 Å². The number of ether oxygens (including phenoxy) is 1. The van der Waals surface area contributed by atoms with Crippen LogP contribution in [0.5, 0.6) is 0 Å². The SMILES string of the molecule is COCCC(=O)N(Cc1cccnc1)c1cc(C)ccc1Cl. The first kappa shape index (κ1) is 16.5. The summed E-state index contributed by atoms with van der Waals surface area (Å²) in [6, 6.07) is 9.45. The first-order valence-electron chi connectivity index (χ1n) is 7.06. The lowest BCUT2D eigenvalue weighted by molar-refractivity contribution is -0.119. The number of hydrogen-bond acceptors (Lipinski definition) is 3. The van der Waals surface area contributed by atoms with Crippen molar-refractivity contribution in [3.8, 4) is 0 Å². The minimum atomic E-state index is -0.0294. The van der Waals surface area contributed by atoms with Crippen LogP contribution in [0.25, 0.3) is 0 Å². The van der Waals surface area contributed by atoms with Crippen LogP contribution in [0.4, 0.5) is 5.69 Å². The molecule has 1 heterocycles. The van der Waals surface area contributed by atoms with Crippen LogP contribution in [0.3, 0.4) is 0 Å². The number of aryl methyl sites for hydroxylation is 1. The van der Waals surface area contributed by atoms with Crippen molar-refractivity contribution < 1.29 is 9.53 Å². The number of aromatic nitrogens is 1. The largest absolute Gasteiger partial charge is 0.384 e. The Hall–Kier alpha value is -1.91. The fraction of sp³-hybridized carbons (Fsp3) is 0.294. The van der Waals surface area contributed by atoms with Crippen molar-refractivity contribution in [2.45, 2.75) is 19.9 Å². The molecule has 0 unspecified atom stereocenters. The molecule has 22 heavy (non-hydrogen) atoms. The number of pyridine rings is 1. The van der Waals surface area contributed by atoms with Gasteiger partial charge in [0, 0.05) is 19.5 Å². The molecule has 0 radical (unpaired) electrons. The number of anilines is 1. The second-order valence-electron chi connectivity index (χ2n) is 5.04. The van der Waals surface area contributed by atoms with Crippen LogP contribution >= 0.6 is 11.6 Å². The normalized spacial score (nSPS) is 10.5. The van der Waals surface area contributed by atoms with Crippen LogP contribution in [0.1, 0.15) is 17.5 Å². The van der Waals surface area contributed by atoms with Crippen molar-refractivity contribution >= 4 is 23.2 Å². The molecule has 2 rings (SSSR count). The van der Waals surface area contributed by atoms with Gasteiger partial charge in [-0.25, -0.2) is 0 Å². The summed E-state index contributed by atoms with van der Waals surface area (Å²) in [7, 11) is 1.58. The lowest BCUT2D eigenvalue weighted by Gasteiger charge is -2.24. The average Bonchev–Trinajstić information content (AvgIpc) is 2.54. The Morgan fingerprint density at radius 3 is 2.86 bits per heavy atom. The van der Waals surface area contributed by atoms with E-state index in [2.05, 4.69) is 4.98 Å². The van der Waals surface area contributed by atoms with E-state index in [1.165, 1.54) is 0 Å². The van der Waals surface area contributed by atoms with E-state index >= 15 is 0 Å². The zero-order valence-corrected chi connectivity index (χ0v) is 13.5. The maximum Gasteiger partial charge on any atom is 0.229 e. The lowest BCUT2D eigenvalue weighted by Crippen LogP contribution is -2.31. The molecule has 0 aliphatic carbocycles. The maximum absolute atomic E-state index is 12.5. The summed E-state index contributed by atoms with van der Waals surface area (Å²) in [5.74, 6) is -0.0294. The van der Waals surface area contributed by atoms with Gasteiger partial charge in [-0.1, -0.05) is 23.7 Å². The van der Waals surface area contributed by atoms with Crippen LogP contribution < -0.4 is 4.90 Å². The van der Waals surface area contributed by atoms with Crippen molar-refractivity contribution in [2.24, 2.45) is 0 Å². The fourth-order valence-corrected chi connectivity index (χ4v) is 2.36. The zero-order valence-electron chi connectivity index (χ0n) is 12.8. The van der Waals surface area contributed by atoms with Gasteiger partial charge in [0.2, 0.25) is 5.91 Å². The minimum absolute atomic E-state index is 0.0294. The number of carbonyl (C=O) groups is 1. The molecule has 0 atom stereocenters. The van der Waals surface area contributed by atoms with E-state index in [-0.39, 0.29) is 5.91 Å². The van der Waals surface area contributed by atoms with Crippen molar-refractivity contribution in [1.82, 2.24) is 4.98 Å². The van der Waals surface area contributed by atoms with E-state index in [9.17, 15) is 4.79 Å². The average molecular weight is 319 g/mol. The lowest BCUT2D eigenvalue weighted by atomic mass is 10.1. The monoisotopic (exact) mass is 318 g/mol. The van der Waals surface area contributed by atoms with E-state index in [1.54, 1.807) is 24.4 Å². The Kier molecular flexibility index (Phi) is 5.92. The quantitative estimate of drug-likeness (QED) is 0.817. The molecule has 1 aromatic heterocycles. The first-order chi connectivity index (χ1) is 10.6. The molecule has 1 aromatic carbocycles. The third-order valence-corrected chi connectivity index (χ3v) is 3.60. The fourth-order valence-electron chi connectivity index (χ4n) is 2.14. The molecule has 0 N–H and O–H groups in total. The summed E-state index contributed by atoms with van der Waals surface area (Å²) in [4.78, 5) is 18.3. The molecule has 0 bridgehead atoms. The Morgan fingerprint density at radius 2 is 2.18 bits per heavy atom. The van der Waals surface area contributed by atoms with Crippen LogP contribution in [0.2, 0.25) is 5.02 Å². The number of nitrogens with zero attached hydrogens (tertiary/aromatic N) is 2. The Bertz CT molecular complexity index is 632. The van der Waals surface area contributed by atoms with Crippen molar-refractivity contribution in [1.29, 1.82) is 0 Å². The van der Waals surface area contributed by atoms with Gasteiger partial charge in [0.25, 0.3) is 0 Å². The molecule has 0 fully saturated rings. The van der Waals surface area contributed by atoms with E-state index in [1.807, 2.05) is 37.3 Å². The predicted molar refractivity (Wildman–Crippen MR) is 88.1 cm³/mol. The number of carbonyl (C=O) groups excluding carboxylic acids is 1. The van der Waals surface area contributed by atoms with Gasteiger partial charge < -0.3 is 9.64 Å². The summed E-state index contributed by atoms with van der Waals surface area (Å²) in [5.41, 5.74) is 2.72. The highest BCUT2D eigenvalue weighted by Crippen LogP contribution is 2.28. The topological polar surface area (TPSA) is 42.4 Å². The van der Waals surface area contributed by atoms with Crippen molar-refractivity contribution in [3.63, 3.8) is 0 Å². The number of amides is 1. The number of methoxy groups -OCH3 is 1. The Morgan fingerprint density at radius 1 is 1.36 bits per heavy atom. The van der Waals surface area contributed by atoms with Gasteiger partial charge in [-0.15, -0.1) is 0 Å². The Balaban J connectivity index is 2.32. The molecule has 1 amide bonds. The second-order valence-corrected chi connectivity index (χ2v) is 5.45. The van der Waals surface area contributed by atoms with Gasteiger partial charge >= 0.3 is 0 Å². The van der Waals surface area contributed by atoms with E-state index in [0.717, 1.165) is 11.1 Å². The van der Waals surface area contributed by atoms with Crippen LogP contribution in [-0.2, 0) is 16.1 Å². The van der Waals surface area contributed by atoms with Gasteiger partial charge in [-0.3, -0.25) is 9.78 Å². The number of hydrogen-bond donors (Lipinski definition) is 0. The first-order valence-corrected chi connectivity index (χ1v) is 7.44. The van der Waals surface area contributed by atoms with Crippen molar-refractivity contribution in [2.75, 3.05) is 18.6 Å². The van der Waals surface area contributed by atoms with Gasteiger partial charge in [-0.2, -0.15) is 0 Å². The molecule has 0 aliphatic heterocycles. The van der Waals surface area contributed by atoms with E-state index in [4.69, 9.17) is 16.3 Å². The highest BCUT2D eigenvalue weighted by Gasteiger charge is 2.18. The number of halogens is 1. The zero-order chi connectivity index (χ0) is 15.9. The van der Waals surface area contributed by atoms with Crippen LogP contribution in [-0.4, -0.2) is 24.6 Å². The van der Waals surface area contributed by atoms with Gasteiger partial charge in [0.05, 0.1) is 30.3 Å². The number of rotatable bonds is 6. The third-order valence-electron chi connectivity index (χ3n) is 3.28. The minimum Gasteiger partial charge on any atom is -0.384 e. The molecule has 4 nitrogen and oxygen atoms in total. The van der Waals surface area contributed by atoms with E-state index < -0.39 is 0 Å². The third kappa shape index (κ3) is 4.29. The smallest absolute Gasteiger partial charge is 0.229 e. The van der Waals surface area contributed by atoms with Crippen LogP contribution in [0, 0.1) is 6.92 Å². The molecule has 0 saturated carbocycles. The van der Waals surface area contributed by atoms with Gasteiger partial charge in [-0.05, 0) is 36.2 Å². The predicted octanol–water partition coefficient (Wildman–Crippen LogP) is 3.61. The van der Waals surface area contributed by atoms with Crippen molar-refractivity contribution in [3.05, 3.63) is 58.9 Å². The van der Waals surface area contributed by atoms with Crippen LogP contribution in [0.15, 0.2) is 42.7 Å². The molecule has 2 aromatic rings. The summed E-state index contributed by atoms with van der Waals surface area (Å²) in [6.45, 7) is 2.78. The highest BCUT2D eigenvalue weighted by atomic mass is 35.5. The molecule has 0 spiro atoms. The molecule has 0 saturated heterocycles. The maximum atomic E-state index is 12.5. The molecular weight excluding hydrogens is 300 g/mol. The second kappa shape index (κ2) is 7.92. The summed E-state index contributed by atoms with van der Waals surface area (Å²) in [6.07, 6.45) is 3.77. The summed E-state index contributed by atoms with van der Waals surface area (Å²) < 4.78 is 5.01. The van der Waals surface area contributed by atoms with Gasteiger partial charge in [0.15, 0.2) is 0 Å². The summed E-state index contributed by atoms with van der Waals surface area (Å²) in [5, 5.41) is 0.556. The van der Waals surface area contributed by atoms with E-state index in [0.29, 0.717) is 30.3 Å². The molecule has 0 aliphatic rings. The number of benzene rings is 1. The standard InChI is InChI=1S/C17H19ClN2O2/c1-13-5-6-15(18)16(10-13)20(17(21)7-9-22-2)12-14-4-3-8-19-11-14/h3-6,8,10-11H,7,9,12H2,1-2H3. The molecule has 116 valence electrons.